The van der Waals surface area contributed by atoms with Crippen molar-refractivity contribution in [2.24, 2.45) is 0 Å². The molecule has 2 fully saturated rings. The predicted molar refractivity (Wildman–Crippen MR) is 19.7 cm³/mol. The molecular formula is C4F6O2. The fourth-order valence-corrected chi connectivity index (χ4v) is 0.954. The first-order valence-corrected chi connectivity index (χ1v) is 2.70. The quantitative estimate of drug-likeness (QED) is 0.431. The van der Waals surface area contributed by atoms with Crippen LogP contribution in [-0.4, -0.2) is 23.9 Å². The molecule has 0 aromatic heterocycles. The predicted octanol–water partition coefficient (Wildman–Crippen LogP) is 1.56. The molecule has 0 saturated carbocycles. The van der Waals surface area contributed by atoms with Crippen molar-refractivity contribution in [3.8, 4) is 0 Å². The van der Waals surface area contributed by atoms with Gasteiger partial charge in [-0.1, -0.05) is 0 Å². The fraction of sp³-hybridized carbons (Fsp3) is 1.00. The van der Waals surface area contributed by atoms with Gasteiger partial charge >= 0.3 is 23.9 Å². The number of fused-ring (bicyclic) bond motifs is 1. The topological polar surface area (TPSA) is 21.8 Å². The van der Waals surface area contributed by atoms with E-state index in [0.717, 1.165) is 0 Å². The lowest BCUT2D eigenvalue weighted by Crippen LogP contribution is -2.34. The summed E-state index contributed by atoms with van der Waals surface area (Å²) >= 11 is 0. The second-order valence-corrected chi connectivity index (χ2v) is 2.43. The van der Waals surface area contributed by atoms with Crippen LogP contribution >= 0.6 is 0 Å². The molecule has 70 valence electrons. The fourth-order valence-electron chi connectivity index (χ4n) is 0.954. The maximum absolute atomic E-state index is 12.4. The molecule has 0 spiro atoms. The van der Waals surface area contributed by atoms with Crippen molar-refractivity contribution in [2.45, 2.75) is 23.9 Å². The van der Waals surface area contributed by atoms with Gasteiger partial charge in [0.2, 0.25) is 0 Å². The molecule has 8 heteroatoms. The minimum absolute atomic E-state index is 2.56. The van der Waals surface area contributed by atoms with Crippen LogP contribution in [0.1, 0.15) is 0 Å². The van der Waals surface area contributed by atoms with Crippen molar-refractivity contribution in [3.63, 3.8) is 0 Å². The summed E-state index contributed by atoms with van der Waals surface area (Å²) in [5.41, 5.74) is 0. The molecule has 0 amide bonds. The molecule has 12 heavy (non-hydrogen) atoms. The van der Waals surface area contributed by atoms with Crippen LogP contribution in [0.15, 0.2) is 0 Å². The Kier molecular flexibility index (Phi) is 0.985. The summed E-state index contributed by atoms with van der Waals surface area (Å²) in [6.07, 6.45) is -9.91. The van der Waals surface area contributed by atoms with Gasteiger partial charge in [0.15, 0.2) is 0 Å². The molecule has 0 aliphatic carbocycles. The standard InChI is InChI=1S/C4F6O2/c5-1-2(6,11-1)4(9,10)12-3(1,7)8. The molecule has 2 rings (SSSR count). The first kappa shape index (κ1) is 8.11. The summed E-state index contributed by atoms with van der Waals surface area (Å²) in [4.78, 5) is 0. The van der Waals surface area contributed by atoms with Crippen LogP contribution in [0.5, 0.6) is 0 Å². The smallest absolute Gasteiger partial charge is 0.285 e. The third-order valence-corrected chi connectivity index (χ3v) is 1.66. The van der Waals surface area contributed by atoms with Crippen molar-refractivity contribution < 1.29 is 35.8 Å². The van der Waals surface area contributed by atoms with Gasteiger partial charge in [-0.05, 0) is 0 Å². The van der Waals surface area contributed by atoms with Crippen LogP contribution < -0.4 is 0 Å². The minimum atomic E-state index is -4.95. The first-order chi connectivity index (χ1) is 5.16. The lowest BCUT2D eigenvalue weighted by molar-refractivity contribution is -0.403. The van der Waals surface area contributed by atoms with Gasteiger partial charge in [0.05, 0.1) is 0 Å². The maximum atomic E-state index is 12.4. The zero-order valence-electron chi connectivity index (χ0n) is 5.08. The maximum Gasteiger partial charge on any atom is 0.425 e. The van der Waals surface area contributed by atoms with Gasteiger partial charge in [-0.15, -0.1) is 0 Å². The van der Waals surface area contributed by atoms with E-state index in [4.69, 9.17) is 0 Å². The Morgan fingerprint density at radius 2 is 0.917 bits per heavy atom. The number of epoxide rings is 1. The van der Waals surface area contributed by atoms with E-state index in [1.54, 1.807) is 0 Å². The van der Waals surface area contributed by atoms with E-state index < -0.39 is 23.9 Å². The number of ether oxygens (including phenoxy) is 2. The number of halogens is 6. The molecule has 2 saturated heterocycles. The summed E-state index contributed by atoms with van der Waals surface area (Å²) in [5.74, 6) is -8.69. The Labute approximate surface area is 61.0 Å². The van der Waals surface area contributed by atoms with Crippen LogP contribution in [0.3, 0.4) is 0 Å². The van der Waals surface area contributed by atoms with Crippen LogP contribution in [0.2, 0.25) is 0 Å². The molecule has 0 aromatic rings. The highest BCUT2D eigenvalue weighted by Gasteiger charge is 3.03. The third kappa shape index (κ3) is 0.515. The molecule has 2 unspecified atom stereocenters. The van der Waals surface area contributed by atoms with E-state index in [1.165, 1.54) is 0 Å². The van der Waals surface area contributed by atoms with Crippen molar-refractivity contribution in [1.29, 1.82) is 0 Å². The van der Waals surface area contributed by atoms with Crippen molar-refractivity contribution >= 4 is 0 Å². The van der Waals surface area contributed by atoms with Gasteiger partial charge in [0.25, 0.3) is 0 Å². The summed E-state index contributed by atoms with van der Waals surface area (Å²) < 4.78 is 78.6. The Balaban J connectivity index is 2.45. The molecule has 2 heterocycles. The van der Waals surface area contributed by atoms with Gasteiger partial charge in [-0.25, -0.2) is 4.74 Å². The van der Waals surface area contributed by atoms with Gasteiger partial charge in [0, 0.05) is 0 Å². The molecule has 2 nitrogen and oxygen atoms in total. The van der Waals surface area contributed by atoms with Gasteiger partial charge in [0.1, 0.15) is 0 Å². The number of alkyl halides is 6. The Bertz CT molecular complexity index is 230. The second-order valence-electron chi connectivity index (χ2n) is 2.43. The molecular weight excluding hydrogens is 194 g/mol. The lowest BCUT2D eigenvalue weighted by Gasteiger charge is -2.15. The average molecular weight is 194 g/mol. The Morgan fingerprint density at radius 1 is 0.583 bits per heavy atom. The van der Waals surface area contributed by atoms with Gasteiger partial charge < -0.3 is 0 Å². The molecule has 2 atom stereocenters. The van der Waals surface area contributed by atoms with E-state index in [0.29, 0.717) is 0 Å². The van der Waals surface area contributed by atoms with Crippen molar-refractivity contribution in [3.05, 3.63) is 0 Å². The molecule has 0 aromatic carbocycles. The normalized spacial score (nSPS) is 53.5. The molecule has 2 aliphatic heterocycles. The Hall–Kier alpha value is -0.500. The summed E-state index contributed by atoms with van der Waals surface area (Å²) in [6, 6.07) is 0. The van der Waals surface area contributed by atoms with Crippen molar-refractivity contribution in [2.75, 3.05) is 0 Å². The first-order valence-electron chi connectivity index (χ1n) is 2.70. The average Bonchev–Trinajstić information content (AvgIpc) is 2.32. The second kappa shape index (κ2) is 1.46. The van der Waals surface area contributed by atoms with E-state index in [9.17, 15) is 26.3 Å². The SMILES string of the molecule is FC1(F)OC(F)(F)C2(F)OC12F. The summed E-state index contributed by atoms with van der Waals surface area (Å²) in [7, 11) is 0. The molecule has 2 aliphatic rings. The van der Waals surface area contributed by atoms with Crippen LogP contribution in [-0.2, 0) is 9.47 Å². The number of rotatable bonds is 0. The van der Waals surface area contributed by atoms with Crippen LogP contribution in [0.4, 0.5) is 26.3 Å². The lowest BCUT2D eigenvalue weighted by atomic mass is 10.2. The highest BCUT2D eigenvalue weighted by molar-refractivity contribution is 5.16. The van der Waals surface area contributed by atoms with Crippen LogP contribution in [0, 0.1) is 0 Å². The molecule has 0 radical (unpaired) electrons. The van der Waals surface area contributed by atoms with Gasteiger partial charge in [-0.2, -0.15) is 26.3 Å². The van der Waals surface area contributed by atoms with E-state index in [2.05, 4.69) is 9.47 Å². The minimum Gasteiger partial charge on any atom is -0.285 e. The monoisotopic (exact) mass is 194 g/mol. The zero-order valence-corrected chi connectivity index (χ0v) is 5.08. The number of hydrogen-bond donors (Lipinski definition) is 0. The summed E-state index contributed by atoms with van der Waals surface area (Å²) in [5, 5.41) is 0. The van der Waals surface area contributed by atoms with E-state index in [1.807, 2.05) is 0 Å². The van der Waals surface area contributed by atoms with E-state index in [-0.39, 0.29) is 0 Å². The van der Waals surface area contributed by atoms with Crippen molar-refractivity contribution in [1.82, 2.24) is 0 Å². The zero-order chi connectivity index (χ0) is 9.41. The molecule has 0 bridgehead atoms. The largest absolute Gasteiger partial charge is 0.425 e. The third-order valence-electron chi connectivity index (χ3n) is 1.66. The highest BCUT2D eigenvalue weighted by atomic mass is 19.3. The van der Waals surface area contributed by atoms with Gasteiger partial charge in [-0.3, -0.25) is 4.74 Å². The van der Waals surface area contributed by atoms with Crippen LogP contribution in [0.25, 0.3) is 0 Å². The number of hydrogen-bond acceptors (Lipinski definition) is 2. The molecule has 0 N–H and O–H groups in total. The Morgan fingerprint density at radius 3 is 1.00 bits per heavy atom. The van der Waals surface area contributed by atoms with E-state index >= 15 is 0 Å². The highest BCUT2D eigenvalue weighted by Crippen LogP contribution is 2.72. The summed E-state index contributed by atoms with van der Waals surface area (Å²) in [6.45, 7) is 0.